The summed E-state index contributed by atoms with van der Waals surface area (Å²) in [6.07, 6.45) is 5.45. The normalized spacial score (nSPS) is 20.1. The van der Waals surface area contributed by atoms with Gasteiger partial charge < -0.3 is 0 Å². The molecule has 0 radical (unpaired) electrons. The van der Waals surface area contributed by atoms with Crippen LogP contribution < -0.4 is 0 Å². The molecule has 0 spiro atoms. The second kappa shape index (κ2) is 8.69. The van der Waals surface area contributed by atoms with Crippen LogP contribution in [0.4, 0.5) is 0 Å². The quantitative estimate of drug-likeness (QED) is 0.251. The smallest absolute Gasteiger partial charge is 0.228 e. The standard InChI is InChI=1S/C23H46O4/c1-18-12-14-23(15-13-18,26-24-21(8,9)16-19(2,3)4)27-25-22(10,11)17-20(5,6)7/h18H,12-17H2,1-11H3. The Morgan fingerprint density at radius 1 is 0.667 bits per heavy atom. The van der Waals surface area contributed by atoms with Crippen molar-refractivity contribution in [1.82, 2.24) is 0 Å². The van der Waals surface area contributed by atoms with E-state index < -0.39 is 17.0 Å². The molecule has 0 bridgehead atoms. The first-order chi connectivity index (χ1) is 11.9. The lowest BCUT2D eigenvalue weighted by atomic mass is 9.84. The first kappa shape index (κ1) is 24.9. The van der Waals surface area contributed by atoms with Crippen molar-refractivity contribution in [1.29, 1.82) is 0 Å². The predicted molar refractivity (Wildman–Crippen MR) is 111 cm³/mol. The average molecular weight is 387 g/mol. The largest absolute Gasteiger partial charge is 0.234 e. The summed E-state index contributed by atoms with van der Waals surface area (Å²) in [5.41, 5.74) is -0.461. The Hall–Kier alpha value is -0.160. The van der Waals surface area contributed by atoms with E-state index in [-0.39, 0.29) is 10.8 Å². The third-order valence-electron chi connectivity index (χ3n) is 4.79. The molecular formula is C23H46O4. The van der Waals surface area contributed by atoms with Crippen LogP contribution in [0.2, 0.25) is 0 Å². The van der Waals surface area contributed by atoms with E-state index in [1.165, 1.54) is 0 Å². The maximum atomic E-state index is 6.01. The number of hydrogen-bond acceptors (Lipinski definition) is 4. The predicted octanol–water partition coefficient (Wildman–Crippen LogP) is 7.22. The molecule has 0 aromatic rings. The molecule has 1 rings (SSSR count). The van der Waals surface area contributed by atoms with Gasteiger partial charge in [0.2, 0.25) is 5.79 Å². The molecular weight excluding hydrogens is 340 g/mol. The van der Waals surface area contributed by atoms with E-state index in [0.717, 1.165) is 38.5 Å². The Kier molecular flexibility index (Phi) is 8.00. The first-order valence-corrected chi connectivity index (χ1v) is 10.7. The lowest BCUT2D eigenvalue weighted by Gasteiger charge is -2.41. The minimum atomic E-state index is -0.823. The van der Waals surface area contributed by atoms with Gasteiger partial charge in [0.05, 0.1) is 11.2 Å². The van der Waals surface area contributed by atoms with Crippen LogP contribution in [0.15, 0.2) is 0 Å². The van der Waals surface area contributed by atoms with Crippen LogP contribution in [0.1, 0.15) is 115 Å². The van der Waals surface area contributed by atoms with Gasteiger partial charge in [-0.15, -0.1) is 0 Å². The Bertz CT molecular complexity index is 412. The summed E-state index contributed by atoms with van der Waals surface area (Å²) in [5.74, 6) is -0.146. The number of hydrogen-bond donors (Lipinski definition) is 0. The molecule has 0 saturated heterocycles. The molecule has 0 heterocycles. The Morgan fingerprint density at radius 2 is 1.00 bits per heavy atom. The molecule has 27 heavy (non-hydrogen) atoms. The van der Waals surface area contributed by atoms with Gasteiger partial charge in [-0.1, -0.05) is 48.5 Å². The highest BCUT2D eigenvalue weighted by Crippen LogP contribution is 2.40. The van der Waals surface area contributed by atoms with E-state index in [4.69, 9.17) is 19.6 Å². The lowest BCUT2D eigenvalue weighted by molar-refractivity contribution is -0.550. The molecule has 0 unspecified atom stereocenters. The topological polar surface area (TPSA) is 36.9 Å². The second-order valence-electron chi connectivity index (χ2n) is 12.4. The zero-order valence-electron chi connectivity index (χ0n) is 20.0. The summed E-state index contributed by atoms with van der Waals surface area (Å²) in [5, 5.41) is 0. The van der Waals surface area contributed by atoms with Crippen LogP contribution in [-0.2, 0) is 19.6 Å². The Labute approximate surface area is 168 Å². The van der Waals surface area contributed by atoms with E-state index >= 15 is 0 Å². The minimum absolute atomic E-state index is 0.160. The highest BCUT2D eigenvalue weighted by molar-refractivity contribution is 4.80. The molecule has 0 atom stereocenters. The fourth-order valence-corrected chi connectivity index (χ4v) is 4.37. The fraction of sp³-hybridized carbons (Fsp3) is 1.00. The average Bonchev–Trinajstić information content (AvgIpc) is 2.41. The molecule has 0 amide bonds. The van der Waals surface area contributed by atoms with Crippen LogP contribution in [0, 0.1) is 16.7 Å². The highest BCUT2D eigenvalue weighted by Gasteiger charge is 2.43. The summed E-state index contributed by atoms with van der Waals surface area (Å²) in [4.78, 5) is 23.9. The van der Waals surface area contributed by atoms with Crippen molar-refractivity contribution >= 4 is 0 Å². The van der Waals surface area contributed by atoms with Gasteiger partial charge in [0.1, 0.15) is 0 Å². The second-order valence-corrected chi connectivity index (χ2v) is 12.4. The molecule has 0 aromatic carbocycles. The van der Waals surface area contributed by atoms with E-state index in [1.807, 2.05) is 0 Å². The lowest BCUT2D eigenvalue weighted by Crippen LogP contribution is -2.45. The van der Waals surface area contributed by atoms with Crippen molar-refractivity contribution in [2.24, 2.45) is 16.7 Å². The first-order valence-electron chi connectivity index (χ1n) is 10.7. The molecule has 1 aliphatic rings. The van der Waals surface area contributed by atoms with Gasteiger partial charge in [0.15, 0.2) is 0 Å². The molecule has 1 aliphatic carbocycles. The number of rotatable bonds is 8. The van der Waals surface area contributed by atoms with E-state index in [9.17, 15) is 0 Å². The zero-order chi connectivity index (χ0) is 21.1. The SMILES string of the molecule is CC1CCC(OOC(C)(C)CC(C)(C)C)(OOC(C)(C)CC(C)(C)C)CC1. The van der Waals surface area contributed by atoms with Gasteiger partial charge in [-0.2, -0.15) is 9.78 Å². The maximum Gasteiger partial charge on any atom is 0.234 e. The van der Waals surface area contributed by atoms with Gasteiger partial charge in [-0.3, -0.25) is 0 Å². The molecule has 0 aromatic heterocycles. The van der Waals surface area contributed by atoms with E-state index in [0.29, 0.717) is 5.92 Å². The Balaban J connectivity index is 2.78. The third-order valence-corrected chi connectivity index (χ3v) is 4.79. The van der Waals surface area contributed by atoms with Gasteiger partial charge in [0, 0.05) is 12.8 Å². The van der Waals surface area contributed by atoms with Crippen LogP contribution >= 0.6 is 0 Å². The molecule has 4 heteroatoms. The molecule has 4 nitrogen and oxygen atoms in total. The zero-order valence-corrected chi connectivity index (χ0v) is 20.0. The molecule has 162 valence electrons. The summed E-state index contributed by atoms with van der Waals surface area (Å²) < 4.78 is 0. The van der Waals surface area contributed by atoms with Crippen molar-refractivity contribution in [2.75, 3.05) is 0 Å². The van der Waals surface area contributed by atoms with Crippen LogP contribution in [-0.4, -0.2) is 17.0 Å². The van der Waals surface area contributed by atoms with Gasteiger partial charge in [-0.05, 0) is 70.1 Å². The highest BCUT2D eigenvalue weighted by atomic mass is 17.3. The van der Waals surface area contributed by atoms with Crippen molar-refractivity contribution in [3.05, 3.63) is 0 Å². The van der Waals surface area contributed by atoms with Crippen LogP contribution in [0.25, 0.3) is 0 Å². The summed E-state index contributed by atoms with van der Waals surface area (Å²) in [6.45, 7) is 23.8. The van der Waals surface area contributed by atoms with Crippen LogP contribution in [0.3, 0.4) is 0 Å². The van der Waals surface area contributed by atoms with Crippen molar-refractivity contribution in [3.63, 3.8) is 0 Å². The monoisotopic (exact) mass is 386 g/mol. The summed E-state index contributed by atoms with van der Waals surface area (Å²) >= 11 is 0. The molecule has 1 fully saturated rings. The molecule has 0 aliphatic heterocycles. The molecule has 1 saturated carbocycles. The minimum Gasteiger partial charge on any atom is -0.228 e. The van der Waals surface area contributed by atoms with E-state index in [1.54, 1.807) is 0 Å². The summed E-state index contributed by atoms with van der Waals surface area (Å²) in [6, 6.07) is 0. The summed E-state index contributed by atoms with van der Waals surface area (Å²) in [7, 11) is 0. The van der Waals surface area contributed by atoms with Crippen molar-refractivity contribution in [3.8, 4) is 0 Å². The van der Waals surface area contributed by atoms with Crippen LogP contribution in [0.5, 0.6) is 0 Å². The molecule has 0 N–H and O–H groups in total. The van der Waals surface area contributed by atoms with Gasteiger partial charge >= 0.3 is 0 Å². The Morgan fingerprint density at radius 3 is 1.30 bits per heavy atom. The third kappa shape index (κ3) is 10.3. The maximum absolute atomic E-state index is 6.01. The van der Waals surface area contributed by atoms with Gasteiger partial charge in [0.25, 0.3) is 0 Å². The van der Waals surface area contributed by atoms with Gasteiger partial charge in [-0.25, -0.2) is 9.78 Å². The van der Waals surface area contributed by atoms with E-state index in [2.05, 4.69) is 76.2 Å². The van der Waals surface area contributed by atoms with Crippen molar-refractivity contribution < 1.29 is 19.6 Å². The fourth-order valence-electron chi connectivity index (χ4n) is 4.37. The van der Waals surface area contributed by atoms with Crippen molar-refractivity contribution in [2.45, 2.75) is 132 Å².